The van der Waals surface area contributed by atoms with Gasteiger partial charge < -0.3 is 10.2 Å². The van der Waals surface area contributed by atoms with Gasteiger partial charge in [0.05, 0.1) is 11.4 Å². The Balaban J connectivity index is 1.46. The molecule has 0 radical (unpaired) electrons. The van der Waals surface area contributed by atoms with Gasteiger partial charge in [0, 0.05) is 32.4 Å². The second-order valence-corrected chi connectivity index (χ2v) is 10.3. The molecule has 0 bridgehead atoms. The largest absolute Gasteiger partial charge is 0.353 e. The van der Waals surface area contributed by atoms with Crippen molar-refractivity contribution in [3.63, 3.8) is 0 Å². The summed E-state index contributed by atoms with van der Waals surface area (Å²) in [4.78, 5) is 4.97. The molecule has 2 heterocycles. The van der Waals surface area contributed by atoms with Crippen LogP contribution in [0.3, 0.4) is 0 Å². The normalized spacial score (nSPS) is 13.0. The number of anilines is 5. The zero-order chi connectivity index (χ0) is 23.4. The van der Waals surface area contributed by atoms with Crippen LogP contribution in [-0.2, 0) is 0 Å². The number of rotatable bonds is 2. The Morgan fingerprint density at radius 2 is 1.46 bits per heavy atom. The van der Waals surface area contributed by atoms with E-state index in [0.717, 1.165) is 7.28 Å². The number of benzene rings is 5. The summed E-state index contributed by atoms with van der Waals surface area (Å²) in [5, 5.41) is 3.76. The second kappa shape index (κ2) is 8.11. The minimum atomic E-state index is 0.915. The van der Waals surface area contributed by atoms with Crippen LogP contribution in [0.1, 0.15) is 5.56 Å². The fraction of sp³-hybridized carbons (Fsp3) is 0.0323. The Morgan fingerprint density at radius 3 is 2.37 bits per heavy atom. The predicted molar refractivity (Wildman–Crippen MR) is 152 cm³/mol. The summed E-state index contributed by atoms with van der Waals surface area (Å²) in [6.07, 6.45) is 0. The van der Waals surface area contributed by atoms with Gasteiger partial charge in [0.25, 0.3) is 0 Å². The molecule has 5 aromatic carbocycles. The third kappa shape index (κ3) is 3.36. The average Bonchev–Trinajstić information content (AvgIpc) is 2.90. The van der Waals surface area contributed by atoms with Gasteiger partial charge in [-0.05, 0) is 66.0 Å². The smallest absolute Gasteiger partial charge is 0.198 e. The highest BCUT2D eigenvalue weighted by atomic mass is 32.2. The van der Waals surface area contributed by atoms with Crippen molar-refractivity contribution >= 4 is 58.4 Å². The molecule has 0 unspecified atom stereocenters. The fourth-order valence-electron chi connectivity index (χ4n) is 5.36. The molecule has 0 spiro atoms. The van der Waals surface area contributed by atoms with E-state index in [0.29, 0.717) is 0 Å². The number of hydrogen-bond acceptors (Lipinski definition) is 3. The van der Waals surface area contributed by atoms with Gasteiger partial charge >= 0.3 is 0 Å². The van der Waals surface area contributed by atoms with Gasteiger partial charge in [-0.15, -0.1) is 0 Å². The first-order valence-electron chi connectivity index (χ1n) is 12.0. The van der Waals surface area contributed by atoms with Crippen molar-refractivity contribution in [3.8, 4) is 11.1 Å². The molecule has 0 atom stereocenters. The minimum Gasteiger partial charge on any atom is -0.353 e. The zero-order valence-electron chi connectivity index (χ0n) is 19.5. The second-order valence-electron chi connectivity index (χ2n) is 9.19. The molecule has 166 valence electrons. The molecular weight excluding hydrogens is 443 g/mol. The minimum absolute atomic E-state index is 0.915. The van der Waals surface area contributed by atoms with E-state index in [2.05, 4.69) is 126 Å². The molecule has 1 N–H and O–H groups in total. The Labute approximate surface area is 210 Å². The van der Waals surface area contributed by atoms with E-state index in [-0.39, 0.29) is 0 Å². The summed E-state index contributed by atoms with van der Waals surface area (Å²) < 4.78 is 0. The van der Waals surface area contributed by atoms with Crippen molar-refractivity contribution in [1.29, 1.82) is 0 Å². The fourth-order valence-corrected chi connectivity index (χ4v) is 6.38. The van der Waals surface area contributed by atoms with Gasteiger partial charge in [0.1, 0.15) is 0 Å². The standard InChI is InChI=1S/C31H23BN2S/c1-20-18-23(22-12-9-17-29-31(22)33-25-14-6-8-16-28(25)35-29)30-27(19-20)34(21-10-3-2-4-11-21)26-15-7-5-13-24(26)32-30/h2-19,32-33H,1H3. The summed E-state index contributed by atoms with van der Waals surface area (Å²) in [5.74, 6) is 0. The molecule has 4 heteroatoms. The van der Waals surface area contributed by atoms with Crippen LogP contribution < -0.4 is 21.1 Å². The number of nitrogens with zero attached hydrogens (tertiary/aromatic N) is 1. The molecule has 0 amide bonds. The van der Waals surface area contributed by atoms with Gasteiger partial charge in [-0.3, -0.25) is 0 Å². The van der Waals surface area contributed by atoms with Crippen LogP contribution in [0, 0.1) is 6.92 Å². The lowest BCUT2D eigenvalue weighted by atomic mass is 9.58. The lowest BCUT2D eigenvalue weighted by molar-refractivity contribution is 1.28. The maximum atomic E-state index is 3.76. The van der Waals surface area contributed by atoms with Gasteiger partial charge in [0.2, 0.25) is 0 Å². The summed E-state index contributed by atoms with van der Waals surface area (Å²) in [7, 11) is 0.915. The van der Waals surface area contributed by atoms with Gasteiger partial charge in [-0.25, -0.2) is 0 Å². The molecule has 7 rings (SSSR count). The summed E-state index contributed by atoms with van der Waals surface area (Å²) in [6.45, 7) is 2.21. The number of fused-ring (bicyclic) bond motifs is 4. The topological polar surface area (TPSA) is 15.3 Å². The van der Waals surface area contributed by atoms with E-state index in [4.69, 9.17) is 0 Å². The van der Waals surface area contributed by atoms with Crippen LogP contribution in [0.15, 0.2) is 119 Å². The van der Waals surface area contributed by atoms with Crippen molar-refractivity contribution < 1.29 is 0 Å². The van der Waals surface area contributed by atoms with Gasteiger partial charge in [-0.1, -0.05) is 84.0 Å². The van der Waals surface area contributed by atoms with Gasteiger partial charge in [-0.2, -0.15) is 0 Å². The first-order valence-corrected chi connectivity index (χ1v) is 12.8. The summed E-state index contributed by atoms with van der Waals surface area (Å²) in [6, 6.07) is 39.5. The maximum Gasteiger partial charge on any atom is 0.198 e. The molecule has 0 saturated carbocycles. The van der Waals surface area contributed by atoms with Crippen LogP contribution in [0.2, 0.25) is 0 Å². The molecule has 2 aliphatic heterocycles. The molecule has 35 heavy (non-hydrogen) atoms. The highest BCUT2D eigenvalue weighted by Gasteiger charge is 2.29. The lowest BCUT2D eigenvalue weighted by Crippen LogP contribution is -2.41. The van der Waals surface area contributed by atoms with E-state index in [1.807, 2.05) is 11.8 Å². The first-order chi connectivity index (χ1) is 17.3. The third-order valence-corrected chi connectivity index (χ3v) is 8.04. The highest BCUT2D eigenvalue weighted by Crippen LogP contribution is 2.48. The van der Waals surface area contributed by atoms with Crippen molar-refractivity contribution in [2.24, 2.45) is 0 Å². The highest BCUT2D eigenvalue weighted by molar-refractivity contribution is 7.99. The van der Waals surface area contributed by atoms with Crippen molar-refractivity contribution in [1.82, 2.24) is 0 Å². The molecule has 0 fully saturated rings. The number of nitrogens with one attached hydrogen (secondary N) is 1. The van der Waals surface area contributed by atoms with Crippen LogP contribution >= 0.6 is 11.8 Å². The summed E-state index contributed by atoms with van der Waals surface area (Å²) in [5.41, 5.74) is 12.7. The molecule has 2 aliphatic rings. The van der Waals surface area contributed by atoms with Crippen LogP contribution in [-0.4, -0.2) is 7.28 Å². The monoisotopic (exact) mass is 466 g/mol. The number of para-hydroxylation sites is 4. The molecule has 5 aromatic rings. The maximum absolute atomic E-state index is 3.76. The van der Waals surface area contributed by atoms with Crippen LogP contribution in [0.4, 0.5) is 28.4 Å². The summed E-state index contributed by atoms with van der Waals surface area (Å²) >= 11 is 1.85. The Morgan fingerprint density at radius 1 is 0.686 bits per heavy atom. The quantitative estimate of drug-likeness (QED) is 0.275. The molecule has 0 aromatic heterocycles. The predicted octanol–water partition coefficient (Wildman–Crippen LogP) is 7.04. The Bertz CT molecular complexity index is 1600. The van der Waals surface area contributed by atoms with E-state index in [9.17, 15) is 0 Å². The molecule has 0 saturated heterocycles. The van der Waals surface area contributed by atoms with E-state index < -0.39 is 0 Å². The van der Waals surface area contributed by atoms with E-state index >= 15 is 0 Å². The van der Waals surface area contributed by atoms with Crippen LogP contribution in [0.5, 0.6) is 0 Å². The van der Waals surface area contributed by atoms with Crippen molar-refractivity contribution in [2.75, 3.05) is 10.2 Å². The van der Waals surface area contributed by atoms with Crippen molar-refractivity contribution in [3.05, 3.63) is 115 Å². The first kappa shape index (κ1) is 20.5. The van der Waals surface area contributed by atoms with Gasteiger partial charge in [0.15, 0.2) is 7.28 Å². The Hall–Kier alpha value is -3.89. The van der Waals surface area contributed by atoms with Crippen molar-refractivity contribution in [2.45, 2.75) is 16.7 Å². The molecule has 2 nitrogen and oxygen atoms in total. The van der Waals surface area contributed by atoms with E-state index in [1.54, 1.807) is 0 Å². The zero-order valence-corrected chi connectivity index (χ0v) is 20.3. The average molecular weight is 466 g/mol. The van der Waals surface area contributed by atoms with E-state index in [1.165, 1.54) is 65.8 Å². The molecular formula is C31H23BN2S. The third-order valence-electron chi connectivity index (χ3n) is 6.91. The lowest BCUT2D eigenvalue weighted by Gasteiger charge is -2.35. The molecule has 0 aliphatic carbocycles. The van der Waals surface area contributed by atoms with Crippen LogP contribution in [0.25, 0.3) is 11.1 Å². The number of aryl methyl sites for hydroxylation is 1. The SMILES string of the molecule is Cc1cc(-c2cccc3c2Nc2ccccc2S3)c2c(c1)N(c1ccccc1)c1ccccc1B2. The number of hydrogen-bond donors (Lipinski definition) is 1. The Kier molecular flexibility index (Phi) is 4.74.